The lowest BCUT2D eigenvalue weighted by molar-refractivity contribution is -0.138. The van der Waals surface area contributed by atoms with E-state index < -0.39 is 17.7 Å². The number of amides is 1. The summed E-state index contributed by atoms with van der Waals surface area (Å²) in [6.45, 7) is 6.40. The van der Waals surface area contributed by atoms with Crippen molar-refractivity contribution in [2.75, 3.05) is 6.54 Å². The van der Waals surface area contributed by atoms with Gasteiger partial charge in [0.15, 0.2) is 0 Å². The van der Waals surface area contributed by atoms with Gasteiger partial charge in [0.05, 0.1) is 17.7 Å². The van der Waals surface area contributed by atoms with Crippen LogP contribution in [0.5, 0.6) is 5.75 Å². The molecule has 202 valence electrons. The number of carboxylic acid groups (broad SMARTS) is 1. The first-order valence-corrected chi connectivity index (χ1v) is 12.2. The number of ether oxygens (including phenoxy) is 1. The summed E-state index contributed by atoms with van der Waals surface area (Å²) in [6.07, 6.45) is -1.83. The van der Waals surface area contributed by atoms with Gasteiger partial charge in [-0.1, -0.05) is 39.0 Å². The lowest BCUT2D eigenvalue weighted by Crippen LogP contribution is -2.25. The summed E-state index contributed by atoms with van der Waals surface area (Å²) in [6, 6.07) is 15.1. The summed E-state index contributed by atoms with van der Waals surface area (Å²) >= 11 is 0. The molecule has 2 N–H and O–H groups in total. The zero-order valence-corrected chi connectivity index (χ0v) is 21.5. The van der Waals surface area contributed by atoms with Crippen molar-refractivity contribution < 1.29 is 32.6 Å². The van der Waals surface area contributed by atoms with Crippen LogP contribution in [0.4, 0.5) is 13.2 Å². The average Bonchev–Trinajstić information content (AvgIpc) is 2.86. The highest BCUT2D eigenvalue weighted by Gasteiger charge is 2.30. The topological polar surface area (TPSA) is 88.5 Å². The lowest BCUT2D eigenvalue weighted by Gasteiger charge is -2.24. The van der Waals surface area contributed by atoms with Crippen LogP contribution in [0.3, 0.4) is 0 Å². The molecule has 9 heteroatoms. The van der Waals surface area contributed by atoms with Crippen LogP contribution in [0, 0.1) is 5.41 Å². The maximum atomic E-state index is 13.1. The Bertz CT molecular complexity index is 1230. The second-order valence-corrected chi connectivity index (χ2v) is 10.2. The van der Waals surface area contributed by atoms with Crippen molar-refractivity contribution in [2.45, 2.75) is 52.3 Å². The van der Waals surface area contributed by atoms with E-state index in [-0.39, 0.29) is 30.4 Å². The van der Waals surface area contributed by atoms with E-state index in [0.29, 0.717) is 29.0 Å². The number of pyridine rings is 1. The fourth-order valence-corrected chi connectivity index (χ4v) is 3.71. The zero-order valence-electron chi connectivity index (χ0n) is 21.5. The normalized spacial score (nSPS) is 12.6. The van der Waals surface area contributed by atoms with Crippen molar-refractivity contribution in [1.82, 2.24) is 10.3 Å². The number of benzene rings is 2. The van der Waals surface area contributed by atoms with Crippen LogP contribution in [0.25, 0.3) is 11.3 Å². The van der Waals surface area contributed by atoms with E-state index in [1.807, 2.05) is 0 Å². The standard InChI is InChI=1S/C29H31F3N2O4/c1-28(2,3)15-13-25(38-23-10-7-19(8-11-23)27(37)33-16-14-26(35)36)21-9-12-24(34-18-21)20-5-4-6-22(17-20)29(30,31)32/h4-12,17-18,25H,13-16H2,1-3H3,(H,33,37)(H,35,36). The van der Waals surface area contributed by atoms with Crippen LogP contribution in [-0.2, 0) is 11.0 Å². The minimum atomic E-state index is -4.43. The Morgan fingerprint density at radius 2 is 1.74 bits per heavy atom. The molecule has 3 aromatic rings. The summed E-state index contributed by atoms with van der Waals surface area (Å²) in [5.41, 5.74) is 1.27. The molecule has 0 radical (unpaired) electrons. The number of nitrogens with zero attached hydrogens (tertiary/aromatic N) is 1. The van der Waals surface area contributed by atoms with Gasteiger partial charge < -0.3 is 15.2 Å². The fraction of sp³-hybridized carbons (Fsp3) is 0.345. The molecule has 1 atom stereocenters. The van der Waals surface area contributed by atoms with Gasteiger partial charge in [0, 0.05) is 29.4 Å². The Morgan fingerprint density at radius 3 is 2.32 bits per heavy atom. The van der Waals surface area contributed by atoms with Gasteiger partial charge in [0.1, 0.15) is 11.9 Å². The second kappa shape index (κ2) is 12.1. The number of hydrogen-bond donors (Lipinski definition) is 2. The number of alkyl halides is 3. The van der Waals surface area contributed by atoms with Crippen LogP contribution in [0.1, 0.15) is 67.6 Å². The van der Waals surface area contributed by atoms with Gasteiger partial charge in [0.2, 0.25) is 0 Å². The summed E-state index contributed by atoms with van der Waals surface area (Å²) in [7, 11) is 0. The number of hydrogen-bond acceptors (Lipinski definition) is 4. The summed E-state index contributed by atoms with van der Waals surface area (Å²) < 4.78 is 45.6. The summed E-state index contributed by atoms with van der Waals surface area (Å²) in [4.78, 5) is 27.2. The minimum Gasteiger partial charge on any atom is -0.486 e. The smallest absolute Gasteiger partial charge is 0.416 e. The number of rotatable bonds is 10. The Morgan fingerprint density at radius 1 is 1.03 bits per heavy atom. The predicted octanol–water partition coefficient (Wildman–Crippen LogP) is 6.92. The molecule has 3 rings (SSSR count). The monoisotopic (exact) mass is 528 g/mol. The SMILES string of the molecule is CC(C)(C)CCC(Oc1ccc(C(=O)NCCC(=O)O)cc1)c1ccc(-c2cccc(C(F)(F)F)c2)nc1. The number of halogens is 3. The van der Waals surface area contributed by atoms with E-state index in [1.54, 1.807) is 48.7 Å². The number of nitrogens with one attached hydrogen (secondary N) is 1. The fourth-order valence-electron chi connectivity index (χ4n) is 3.71. The Labute approximate surface area is 219 Å². The zero-order chi connectivity index (χ0) is 27.9. The largest absolute Gasteiger partial charge is 0.486 e. The Balaban J connectivity index is 1.77. The third-order valence-corrected chi connectivity index (χ3v) is 5.82. The highest BCUT2D eigenvalue weighted by Crippen LogP contribution is 2.34. The lowest BCUT2D eigenvalue weighted by atomic mass is 9.88. The third-order valence-electron chi connectivity index (χ3n) is 5.82. The van der Waals surface area contributed by atoms with Gasteiger partial charge in [-0.05, 0) is 60.7 Å². The van der Waals surface area contributed by atoms with Crippen molar-refractivity contribution >= 4 is 11.9 Å². The molecule has 1 amide bonds. The summed E-state index contributed by atoms with van der Waals surface area (Å²) in [5, 5.41) is 11.3. The molecule has 38 heavy (non-hydrogen) atoms. The maximum absolute atomic E-state index is 13.1. The maximum Gasteiger partial charge on any atom is 0.416 e. The number of aliphatic carboxylic acids is 1. The van der Waals surface area contributed by atoms with Crippen LogP contribution in [0.15, 0.2) is 66.9 Å². The molecule has 0 aliphatic carbocycles. The molecule has 0 spiro atoms. The molecule has 1 unspecified atom stereocenters. The number of carboxylic acids is 1. The van der Waals surface area contributed by atoms with Crippen LogP contribution in [0.2, 0.25) is 0 Å². The van der Waals surface area contributed by atoms with Gasteiger partial charge in [-0.2, -0.15) is 13.2 Å². The molecule has 0 saturated heterocycles. The molecule has 6 nitrogen and oxygen atoms in total. The molecule has 0 aliphatic heterocycles. The van der Waals surface area contributed by atoms with Gasteiger partial charge in [0.25, 0.3) is 5.91 Å². The molecular weight excluding hydrogens is 497 g/mol. The van der Waals surface area contributed by atoms with Crippen molar-refractivity contribution in [1.29, 1.82) is 0 Å². The van der Waals surface area contributed by atoms with Gasteiger partial charge >= 0.3 is 12.1 Å². The average molecular weight is 529 g/mol. The molecule has 1 aromatic heterocycles. The van der Waals surface area contributed by atoms with Crippen molar-refractivity contribution in [3.05, 3.63) is 83.6 Å². The number of carbonyl (C=O) groups is 2. The van der Waals surface area contributed by atoms with Gasteiger partial charge in [-0.25, -0.2) is 0 Å². The van der Waals surface area contributed by atoms with E-state index in [4.69, 9.17) is 9.84 Å². The Hall–Kier alpha value is -3.88. The van der Waals surface area contributed by atoms with E-state index in [2.05, 4.69) is 31.1 Å². The molecule has 2 aromatic carbocycles. The number of aromatic nitrogens is 1. The van der Waals surface area contributed by atoms with Crippen molar-refractivity contribution in [3.8, 4) is 17.0 Å². The third kappa shape index (κ3) is 8.61. The van der Waals surface area contributed by atoms with E-state index >= 15 is 0 Å². The molecule has 0 saturated carbocycles. The predicted molar refractivity (Wildman–Crippen MR) is 138 cm³/mol. The van der Waals surface area contributed by atoms with Crippen molar-refractivity contribution in [3.63, 3.8) is 0 Å². The first-order valence-electron chi connectivity index (χ1n) is 12.2. The van der Waals surface area contributed by atoms with E-state index in [9.17, 15) is 22.8 Å². The van der Waals surface area contributed by atoms with E-state index in [0.717, 1.165) is 24.1 Å². The second-order valence-electron chi connectivity index (χ2n) is 10.2. The highest BCUT2D eigenvalue weighted by atomic mass is 19.4. The first-order chi connectivity index (χ1) is 17.8. The molecule has 0 aliphatic rings. The van der Waals surface area contributed by atoms with Gasteiger partial charge in [-0.15, -0.1) is 0 Å². The molecular formula is C29H31F3N2O4. The highest BCUT2D eigenvalue weighted by molar-refractivity contribution is 5.94. The quantitative estimate of drug-likeness (QED) is 0.298. The van der Waals surface area contributed by atoms with Gasteiger partial charge in [-0.3, -0.25) is 14.6 Å². The molecule has 0 fully saturated rings. The Kier molecular flexibility index (Phi) is 9.14. The van der Waals surface area contributed by atoms with Crippen molar-refractivity contribution in [2.24, 2.45) is 5.41 Å². The summed E-state index contributed by atoms with van der Waals surface area (Å²) in [5.74, 6) is -0.836. The number of carbonyl (C=O) groups excluding carboxylic acids is 1. The molecule has 1 heterocycles. The minimum absolute atomic E-state index is 0.0325. The molecule has 0 bridgehead atoms. The van der Waals surface area contributed by atoms with Crippen LogP contribution < -0.4 is 10.1 Å². The van der Waals surface area contributed by atoms with Crippen LogP contribution >= 0.6 is 0 Å². The van der Waals surface area contributed by atoms with Crippen LogP contribution in [-0.4, -0.2) is 28.5 Å². The first kappa shape index (κ1) is 28.7. The van der Waals surface area contributed by atoms with E-state index in [1.165, 1.54) is 6.07 Å².